The van der Waals surface area contributed by atoms with Crippen LogP contribution in [0, 0.1) is 0 Å². The Kier molecular flexibility index (Phi) is 3.36. The third-order valence-corrected chi connectivity index (χ3v) is 3.38. The van der Waals surface area contributed by atoms with Crippen molar-refractivity contribution in [3.8, 4) is 11.3 Å². The maximum absolute atomic E-state index is 6.13. The van der Waals surface area contributed by atoms with Crippen molar-refractivity contribution in [2.45, 2.75) is 19.8 Å². The summed E-state index contributed by atoms with van der Waals surface area (Å²) in [6.07, 6.45) is 3.65. The summed E-state index contributed by atoms with van der Waals surface area (Å²) in [5, 5.41) is 2.68. The molecule has 0 amide bonds. The van der Waals surface area contributed by atoms with Gasteiger partial charge in [0.1, 0.15) is 11.0 Å². The van der Waals surface area contributed by atoms with E-state index in [1.54, 1.807) is 12.3 Å². The van der Waals surface area contributed by atoms with Gasteiger partial charge in [0, 0.05) is 35.3 Å². The van der Waals surface area contributed by atoms with E-state index in [0.29, 0.717) is 5.15 Å². The number of rotatable bonds is 2. The smallest absolute Gasteiger partial charge is 0.133 e. The van der Waals surface area contributed by atoms with Gasteiger partial charge < -0.3 is 0 Å². The number of nitrogens with zero attached hydrogens (tertiary/aromatic N) is 3. The largest absolute Gasteiger partial charge is 0.264 e. The van der Waals surface area contributed by atoms with Gasteiger partial charge in [-0.05, 0) is 11.5 Å². The summed E-state index contributed by atoms with van der Waals surface area (Å²) in [5.74, 6) is 0.994. The number of halogens is 1. The van der Waals surface area contributed by atoms with Crippen LogP contribution < -0.4 is 0 Å². The van der Waals surface area contributed by atoms with E-state index in [-0.39, 0.29) is 5.92 Å². The Morgan fingerprint density at radius 3 is 2.75 bits per heavy atom. The second kappa shape index (κ2) is 5.17. The second-order valence-electron chi connectivity index (χ2n) is 4.99. The first-order valence-corrected chi connectivity index (χ1v) is 6.90. The molecule has 0 aliphatic heterocycles. The first-order chi connectivity index (χ1) is 9.65. The molecule has 0 aliphatic rings. The zero-order chi connectivity index (χ0) is 14.1. The van der Waals surface area contributed by atoms with Crippen LogP contribution in [0.5, 0.6) is 0 Å². The third kappa shape index (κ3) is 2.37. The van der Waals surface area contributed by atoms with Gasteiger partial charge in [-0.15, -0.1) is 0 Å². The number of pyridine rings is 1. The summed E-state index contributed by atoms with van der Waals surface area (Å²) in [6, 6.07) is 9.91. The van der Waals surface area contributed by atoms with Crippen molar-refractivity contribution >= 4 is 22.4 Å². The summed E-state index contributed by atoms with van der Waals surface area (Å²) in [6.45, 7) is 4.11. The lowest BCUT2D eigenvalue weighted by Crippen LogP contribution is -1.99. The van der Waals surface area contributed by atoms with E-state index >= 15 is 0 Å². The van der Waals surface area contributed by atoms with Crippen molar-refractivity contribution in [3.05, 3.63) is 53.7 Å². The normalized spacial score (nSPS) is 11.2. The van der Waals surface area contributed by atoms with Crippen LogP contribution in [0.4, 0.5) is 0 Å². The van der Waals surface area contributed by atoms with Gasteiger partial charge in [-0.25, -0.2) is 9.97 Å². The lowest BCUT2D eigenvalue weighted by molar-refractivity contribution is 0.776. The highest BCUT2D eigenvalue weighted by Crippen LogP contribution is 2.28. The van der Waals surface area contributed by atoms with E-state index in [1.165, 1.54) is 0 Å². The fourth-order valence-corrected chi connectivity index (χ4v) is 2.36. The van der Waals surface area contributed by atoms with Crippen molar-refractivity contribution in [1.29, 1.82) is 0 Å². The molecule has 3 rings (SSSR count). The van der Waals surface area contributed by atoms with Crippen LogP contribution in [0.15, 0.2) is 42.7 Å². The zero-order valence-corrected chi connectivity index (χ0v) is 12.1. The van der Waals surface area contributed by atoms with Crippen LogP contribution in [0.25, 0.3) is 22.0 Å². The lowest BCUT2D eigenvalue weighted by atomic mass is 10.0. The summed E-state index contributed by atoms with van der Waals surface area (Å²) >= 11 is 6.13. The van der Waals surface area contributed by atoms with Crippen LogP contribution in [-0.4, -0.2) is 15.0 Å². The number of benzene rings is 1. The minimum absolute atomic E-state index is 0.237. The molecular weight excluding hydrogens is 270 g/mol. The fourth-order valence-electron chi connectivity index (χ4n) is 2.17. The number of fused-ring (bicyclic) bond motifs is 1. The average molecular weight is 284 g/mol. The molecule has 3 aromatic rings. The summed E-state index contributed by atoms with van der Waals surface area (Å²) in [4.78, 5) is 13.1. The quantitative estimate of drug-likeness (QED) is 0.651. The Morgan fingerprint density at radius 2 is 1.95 bits per heavy atom. The maximum Gasteiger partial charge on any atom is 0.133 e. The van der Waals surface area contributed by atoms with Crippen molar-refractivity contribution in [2.75, 3.05) is 0 Å². The molecule has 0 saturated carbocycles. The Hall–Kier alpha value is -2.00. The summed E-state index contributed by atoms with van der Waals surface area (Å²) < 4.78 is 0. The third-order valence-electron chi connectivity index (χ3n) is 3.19. The monoisotopic (exact) mass is 283 g/mol. The standard InChI is InChI=1S/C16H14ClN3/c1-10(2)16-19-14(8-15(17)20-16)12-5-3-4-11-6-7-18-9-13(11)12/h3-10H,1-2H3. The Balaban J connectivity index is 2.25. The molecule has 1 aromatic carbocycles. The van der Waals surface area contributed by atoms with Crippen LogP contribution in [0.1, 0.15) is 25.6 Å². The predicted octanol–water partition coefficient (Wildman–Crippen LogP) is 4.47. The van der Waals surface area contributed by atoms with Crippen molar-refractivity contribution in [1.82, 2.24) is 15.0 Å². The van der Waals surface area contributed by atoms with E-state index < -0.39 is 0 Å². The molecular formula is C16H14ClN3. The number of hydrogen-bond acceptors (Lipinski definition) is 3. The summed E-state index contributed by atoms with van der Waals surface area (Å²) in [7, 11) is 0. The highest BCUT2D eigenvalue weighted by Gasteiger charge is 2.10. The van der Waals surface area contributed by atoms with Gasteiger partial charge in [-0.1, -0.05) is 43.6 Å². The van der Waals surface area contributed by atoms with Crippen LogP contribution in [0.2, 0.25) is 5.15 Å². The van der Waals surface area contributed by atoms with Gasteiger partial charge in [0.05, 0.1) is 5.69 Å². The Labute approximate surface area is 122 Å². The molecule has 0 fully saturated rings. The fraction of sp³-hybridized carbons (Fsp3) is 0.188. The van der Waals surface area contributed by atoms with Crippen molar-refractivity contribution in [2.24, 2.45) is 0 Å². The SMILES string of the molecule is CC(C)c1nc(Cl)cc(-c2cccc3ccncc23)n1. The van der Waals surface area contributed by atoms with Crippen LogP contribution in [-0.2, 0) is 0 Å². The van der Waals surface area contributed by atoms with Gasteiger partial charge in [-0.3, -0.25) is 4.98 Å². The van der Waals surface area contributed by atoms with Gasteiger partial charge in [-0.2, -0.15) is 0 Å². The molecule has 3 nitrogen and oxygen atoms in total. The van der Waals surface area contributed by atoms with Gasteiger partial charge in [0.2, 0.25) is 0 Å². The van der Waals surface area contributed by atoms with Gasteiger partial charge in [0.25, 0.3) is 0 Å². The van der Waals surface area contributed by atoms with E-state index in [1.807, 2.05) is 24.4 Å². The Bertz CT molecular complexity index is 763. The molecule has 0 atom stereocenters. The van der Waals surface area contributed by atoms with Crippen molar-refractivity contribution < 1.29 is 0 Å². The molecule has 0 bridgehead atoms. The molecule has 0 N–H and O–H groups in total. The zero-order valence-electron chi connectivity index (χ0n) is 11.3. The van der Waals surface area contributed by atoms with E-state index in [4.69, 9.17) is 11.6 Å². The molecule has 4 heteroatoms. The topological polar surface area (TPSA) is 38.7 Å². The minimum atomic E-state index is 0.237. The molecule has 0 saturated heterocycles. The first kappa shape index (κ1) is 13.0. The highest BCUT2D eigenvalue weighted by atomic mass is 35.5. The summed E-state index contributed by atoms with van der Waals surface area (Å²) in [5.41, 5.74) is 1.87. The van der Waals surface area contributed by atoms with E-state index in [0.717, 1.165) is 27.9 Å². The molecule has 0 unspecified atom stereocenters. The van der Waals surface area contributed by atoms with Crippen LogP contribution in [0.3, 0.4) is 0 Å². The molecule has 100 valence electrons. The van der Waals surface area contributed by atoms with E-state index in [9.17, 15) is 0 Å². The first-order valence-electron chi connectivity index (χ1n) is 6.53. The number of aromatic nitrogens is 3. The van der Waals surface area contributed by atoms with Gasteiger partial charge >= 0.3 is 0 Å². The molecule has 0 spiro atoms. The maximum atomic E-state index is 6.13. The number of hydrogen-bond donors (Lipinski definition) is 0. The predicted molar refractivity (Wildman–Crippen MR) is 81.9 cm³/mol. The molecule has 0 aliphatic carbocycles. The van der Waals surface area contributed by atoms with E-state index in [2.05, 4.69) is 34.9 Å². The molecule has 2 aromatic heterocycles. The second-order valence-corrected chi connectivity index (χ2v) is 5.38. The average Bonchev–Trinajstić information content (AvgIpc) is 2.46. The minimum Gasteiger partial charge on any atom is -0.264 e. The molecule has 0 radical (unpaired) electrons. The van der Waals surface area contributed by atoms with Gasteiger partial charge in [0.15, 0.2) is 0 Å². The molecule has 2 heterocycles. The van der Waals surface area contributed by atoms with Crippen molar-refractivity contribution in [3.63, 3.8) is 0 Å². The highest BCUT2D eigenvalue weighted by molar-refractivity contribution is 6.29. The molecule has 20 heavy (non-hydrogen) atoms. The lowest BCUT2D eigenvalue weighted by Gasteiger charge is -2.09. The van der Waals surface area contributed by atoms with Crippen LogP contribution >= 0.6 is 11.6 Å². The Morgan fingerprint density at radius 1 is 1.10 bits per heavy atom.